The molecule has 6 nitrogen and oxygen atoms in total. The molecule has 1 fully saturated rings. The van der Waals surface area contributed by atoms with Crippen molar-refractivity contribution in [2.45, 2.75) is 37.6 Å². The lowest BCUT2D eigenvalue weighted by molar-refractivity contribution is 0.0930. The highest BCUT2D eigenvalue weighted by Crippen LogP contribution is 2.20. The molecule has 1 heterocycles. The minimum atomic E-state index is -3.78. The third kappa shape index (κ3) is 5.47. The van der Waals surface area contributed by atoms with Gasteiger partial charge in [0.05, 0.1) is 4.90 Å². The number of amides is 1. The van der Waals surface area contributed by atoms with Crippen LogP contribution in [0, 0.1) is 13.8 Å². The molecule has 0 radical (unpaired) electrons. The smallest absolute Gasteiger partial charge is 0.261 e. The molecule has 2 aromatic carbocycles. The summed E-state index contributed by atoms with van der Waals surface area (Å²) >= 11 is 0. The van der Waals surface area contributed by atoms with Crippen LogP contribution in [0.3, 0.4) is 0 Å². The fraction of sp³-hybridized carbons (Fsp3) is 0.350. The maximum Gasteiger partial charge on any atom is 0.261 e. The van der Waals surface area contributed by atoms with Crippen LogP contribution in [-0.4, -0.2) is 33.5 Å². The Hall–Kier alpha value is -2.09. The molecule has 1 saturated heterocycles. The number of nitrogens with one attached hydrogen (secondary N) is 3. The molecule has 1 aliphatic rings. The van der Waals surface area contributed by atoms with E-state index in [0.29, 0.717) is 11.3 Å². The highest BCUT2D eigenvalue weighted by Gasteiger charge is 2.21. The molecule has 8 heteroatoms. The first-order valence-electron chi connectivity index (χ1n) is 9.07. The van der Waals surface area contributed by atoms with E-state index in [4.69, 9.17) is 0 Å². The first-order chi connectivity index (χ1) is 12.8. The van der Waals surface area contributed by atoms with Gasteiger partial charge in [-0.3, -0.25) is 9.52 Å². The highest BCUT2D eigenvalue weighted by molar-refractivity contribution is 7.92. The normalized spacial score (nSPS) is 16.7. The van der Waals surface area contributed by atoms with Crippen molar-refractivity contribution in [2.24, 2.45) is 0 Å². The number of carbonyl (C=O) groups excluding carboxylic acids is 1. The first-order valence-corrected chi connectivity index (χ1v) is 10.6. The Morgan fingerprint density at radius 2 is 1.93 bits per heavy atom. The van der Waals surface area contributed by atoms with Crippen LogP contribution in [0.5, 0.6) is 0 Å². The molecule has 0 bridgehead atoms. The number of sulfonamides is 1. The van der Waals surface area contributed by atoms with Gasteiger partial charge in [-0.15, -0.1) is 12.4 Å². The van der Waals surface area contributed by atoms with Gasteiger partial charge in [-0.25, -0.2) is 8.42 Å². The lowest BCUT2D eigenvalue weighted by atomic mass is 10.1. The van der Waals surface area contributed by atoms with Gasteiger partial charge in [-0.1, -0.05) is 18.2 Å². The molecule has 3 rings (SSSR count). The van der Waals surface area contributed by atoms with Crippen LogP contribution >= 0.6 is 12.4 Å². The molecule has 2 aromatic rings. The van der Waals surface area contributed by atoms with E-state index in [1.807, 2.05) is 13.0 Å². The van der Waals surface area contributed by atoms with Crippen LogP contribution in [0.2, 0.25) is 0 Å². The number of aryl methyl sites for hydroxylation is 2. The zero-order chi connectivity index (χ0) is 19.4. The Bertz CT molecular complexity index is 941. The minimum Gasteiger partial charge on any atom is -0.348 e. The van der Waals surface area contributed by atoms with E-state index in [9.17, 15) is 13.2 Å². The van der Waals surface area contributed by atoms with E-state index < -0.39 is 10.0 Å². The fourth-order valence-electron chi connectivity index (χ4n) is 3.17. The number of anilines is 1. The molecule has 1 amide bonds. The Morgan fingerprint density at radius 1 is 1.14 bits per heavy atom. The van der Waals surface area contributed by atoms with Gasteiger partial charge in [0, 0.05) is 23.8 Å². The largest absolute Gasteiger partial charge is 0.348 e. The van der Waals surface area contributed by atoms with Crippen molar-refractivity contribution >= 4 is 34.0 Å². The van der Waals surface area contributed by atoms with Gasteiger partial charge in [0.25, 0.3) is 15.9 Å². The second-order valence-electron chi connectivity index (χ2n) is 6.97. The number of rotatable bonds is 5. The molecule has 3 N–H and O–H groups in total. The minimum absolute atomic E-state index is 0. The van der Waals surface area contributed by atoms with Crippen LogP contribution < -0.4 is 15.4 Å². The summed E-state index contributed by atoms with van der Waals surface area (Å²) in [6.07, 6.45) is 1.93. The highest BCUT2D eigenvalue weighted by atomic mass is 35.5. The summed E-state index contributed by atoms with van der Waals surface area (Å²) in [5, 5.41) is 6.25. The maximum absolute atomic E-state index is 12.7. The summed E-state index contributed by atoms with van der Waals surface area (Å²) in [6, 6.07) is 11.8. The van der Waals surface area contributed by atoms with Crippen LogP contribution in [0.25, 0.3) is 0 Å². The van der Waals surface area contributed by atoms with Gasteiger partial charge in [-0.05, 0) is 68.6 Å². The zero-order valence-electron chi connectivity index (χ0n) is 16.0. The van der Waals surface area contributed by atoms with Crippen LogP contribution in [0.15, 0.2) is 47.4 Å². The van der Waals surface area contributed by atoms with E-state index in [1.165, 1.54) is 12.1 Å². The predicted octanol–water partition coefficient (Wildman–Crippen LogP) is 3.01. The second kappa shape index (κ2) is 9.41. The number of piperidine rings is 1. The predicted molar refractivity (Wildman–Crippen MR) is 114 cm³/mol. The SMILES string of the molecule is Cc1cccc(NS(=O)(=O)c2ccc(C)c(C(=O)N[C@H]3CCCNC3)c2)c1.Cl. The lowest BCUT2D eigenvalue weighted by Crippen LogP contribution is -2.45. The molecule has 1 atom stereocenters. The lowest BCUT2D eigenvalue weighted by Gasteiger charge is -2.24. The Kier molecular flexibility index (Phi) is 7.46. The number of benzene rings is 2. The number of carbonyl (C=O) groups is 1. The standard InChI is InChI=1S/C20H25N3O3S.ClH/c1-14-5-3-6-16(11-14)23-27(25,26)18-9-8-15(2)19(12-18)20(24)22-17-7-4-10-21-13-17;/h3,5-6,8-9,11-12,17,21,23H,4,7,10,13H2,1-2H3,(H,22,24);1H/t17-;/m0./s1. The molecule has 0 aliphatic carbocycles. The van der Waals surface area contributed by atoms with Crippen molar-refractivity contribution in [1.29, 1.82) is 0 Å². The monoisotopic (exact) mass is 423 g/mol. The molecule has 0 unspecified atom stereocenters. The van der Waals surface area contributed by atoms with Crippen molar-refractivity contribution in [3.05, 3.63) is 59.2 Å². The van der Waals surface area contributed by atoms with E-state index in [-0.39, 0.29) is 29.3 Å². The summed E-state index contributed by atoms with van der Waals surface area (Å²) in [7, 11) is -3.78. The Labute approximate surface area is 172 Å². The quantitative estimate of drug-likeness (QED) is 0.689. The first kappa shape index (κ1) is 22.2. The van der Waals surface area contributed by atoms with Gasteiger partial charge in [-0.2, -0.15) is 0 Å². The molecule has 152 valence electrons. The Morgan fingerprint density at radius 3 is 2.61 bits per heavy atom. The summed E-state index contributed by atoms with van der Waals surface area (Å²) in [5.41, 5.74) is 2.58. The fourth-order valence-corrected chi connectivity index (χ4v) is 4.25. The van der Waals surface area contributed by atoms with Gasteiger partial charge >= 0.3 is 0 Å². The van der Waals surface area contributed by atoms with Crippen LogP contribution in [0.1, 0.15) is 34.3 Å². The van der Waals surface area contributed by atoms with E-state index >= 15 is 0 Å². The Balaban J connectivity index is 0.00000280. The molecule has 0 spiro atoms. The van der Waals surface area contributed by atoms with Crippen molar-refractivity contribution < 1.29 is 13.2 Å². The van der Waals surface area contributed by atoms with Crippen LogP contribution in [0.4, 0.5) is 5.69 Å². The third-order valence-corrected chi connectivity index (χ3v) is 6.05. The summed E-state index contributed by atoms with van der Waals surface area (Å²) < 4.78 is 28.0. The molecule has 0 saturated carbocycles. The number of halogens is 1. The van der Waals surface area contributed by atoms with Crippen molar-refractivity contribution in [2.75, 3.05) is 17.8 Å². The van der Waals surface area contributed by atoms with Crippen LogP contribution in [-0.2, 0) is 10.0 Å². The van der Waals surface area contributed by atoms with Crippen molar-refractivity contribution in [3.63, 3.8) is 0 Å². The molecule has 1 aliphatic heterocycles. The van der Waals surface area contributed by atoms with Crippen molar-refractivity contribution in [3.8, 4) is 0 Å². The summed E-state index contributed by atoms with van der Waals surface area (Å²) in [4.78, 5) is 12.7. The van der Waals surface area contributed by atoms with Gasteiger partial charge in [0.1, 0.15) is 0 Å². The van der Waals surface area contributed by atoms with E-state index in [2.05, 4.69) is 15.4 Å². The number of hydrogen-bond donors (Lipinski definition) is 3. The molecular formula is C20H26ClN3O3S. The average molecular weight is 424 g/mol. The van der Waals surface area contributed by atoms with Crippen molar-refractivity contribution in [1.82, 2.24) is 10.6 Å². The molecule has 0 aromatic heterocycles. The third-order valence-electron chi connectivity index (χ3n) is 4.67. The average Bonchev–Trinajstić information content (AvgIpc) is 2.62. The topological polar surface area (TPSA) is 87.3 Å². The zero-order valence-corrected chi connectivity index (χ0v) is 17.6. The van der Waals surface area contributed by atoms with Gasteiger partial charge < -0.3 is 10.6 Å². The van der Waals surface area contributed by atoms with E-state index in [0.717, 1.165) is 37.1 Å². The van der Waals surface area contributed by atoms with Gasteiger partial charge in [0.2, 0.25) is 0 Å². The van der Waals surface area contributed by atoms with Gasteiger partial charge in [0.15, 0.2) is 0 Å². The summed E-state index contributed by atoms with van der Waals surface area (Å²) in [5.74, 6) is -0.242. The number of hydrogen-bond acceptors (Lipinski definition) is 4. The molecule has 28 heavy (non-hydrogen) atoms. The van der Waals surface area contributed by atoms with E-state index in [1.54, 1.807) is 31.2 Å². The maximum atomic E-state index is 12.7. The second-order valence-corrected chi connectivity index (χ2v) is 8.65. The summed E-state index contributed by atoms with van der Waals surface area (Å²) in [6.45, 7) is 5.39. The molecular weight excluding hydrogens is 398 g/mol.